The van der Waals surface area contributed by atoms with E-state index < -0.39 is 11.8 Å². The van der Waals surface area contributed by atoms with Crippen molar-refractivity contribution in [1.82, 2.24) is 0 Å². The SMILES string of the molecule is C=C(C)COC(=O)C1CC=CCC1C(=O)OCC(=C)C. The van der Waals surface area contributed by atoms with E-state index in [0.29, 0.717) is 12.8 Å². The summed E-state index contributed by atoms with van der Waals surface area (Å²) in [7, 11) is 0. The van der Waals surface area contributed by atoms with Crippen LogP contribution < -0.4 is 0 Å². The van der Waals surface area contributed by atoms with Gasteiger partial charge < -0.3 is 9.47 Å². The lowest BCUT2D eigenvalue weighted by molar-refractivity contribution is -0.159. The number of rotatable bonds is 6. The van der Waals surface area contributed by atoms with Gasteiger partial charge in [-0.05, 0) is 37.8 Å². The second-order valence-electron chi connectivity index (χ2n) is 5.29. The smallest absolute Gasteiger partial charge is 0.310 e. The van der Waals surface area contributed by atoms with Gasteiger partial charge in [-0.2, -0.15) is 0 Å². The third-order valence-electron chi connectivity index (χ3n) is 2.96. The molecule has 0 saturated carbocycles. The van der Waals surface area contributed by atoms with Gasteiger partial charge in [-0.25, -0.2) is 0 Å². The summed E-state index contributed by atoms with van der Waals surface area (Å²) in [6.07, 6.45) is 4.80. The van der Waals surface area contributed by atoms with Crippen LogP contribution in [0.25, 0.3) is 0 Å². The van der Waals surface area contributed by atoms with Gasteiger partial charge in [0.1, 0.15) is 13.2 Å². The lowest BCUT2D eigenvalue weighted by Gasteiger charge is -2.25. The van der Waals surface area contributed by atoms with Crippen LogP contribution in [0, 0.1) is 11.8 Å². The molecular weight excluding hydrogens is 256 g/mol. The highest BCUT2D eigenvalue weighted by atomic mass is 16.5. The van der Waals surface area contributed by atoms with Crippen molar-refractivity contribution in [3.05, 3.63) is 36.5 Å². The number of esters is 2. The maximum absolute atomic E-state index is 12.0. The number of ether oxygens (including phenoxy) is 2. The zero-order valence-electron chi connectivity index (χ0n) is 12.2. The Labute approximate surface area is 120 Å². The summed E-state index contributed by atoms with van der Waals surface area (Å²) in [6, 6.07) is 0. The van der Waals surface area contributed by atoms with Crippen molar-refractivity contribution in [1.29, 1.82) is 0 Å². The van der Waals surface area contributed by atoms with Gasteiger partial charge in [0.15, 0.2) is 0 Å². The maximum atomic E-state index is 12.0. The van der Waals surface area contributed by atoms with E-state index in [9.17, 15) is 9.59 Å². The summed E-state index contributed by atoms with van der Waals surface area (Å²) in [4.78, 5) is 24.1. The molecule has 0 bridgehead atoms. The molecule has 0 N–H and O–H groups in total. The summed E-state index contributed by atoms with van der Waals surface area (Å²) in [5.41, 5.74) is 1.54. The van der Waals surface area contributed by atoms with Crippen molar-refractivity contribution in [3.8, 4) is 0 Å². The predicted molar refractivity (Wildman–Crippen MR) is 76.9 cm³/mol. The molecule has 0 aromatic heterocycles. The van der Waals surface area contributed by atoms with Crippen LogP contribution in [0.1, 0.15) is 26.7 Å². The Hall–Kier alpha value is -1.84. The van der Waals surface area contributed by atoms with Crippen LogP contribution in [0.15, 0.2) is 36.5 Å². The molecular formula is C16H22O4. The van der Waals surface area contributed by atoms with Gasteiger partial charge in [0.25, 0.3) is 0 Å². The fourth-order valence-corrected chi connectivity index (χ4v) is 1.94. The monoisotopic (exact) mass is 278 g/mol. The molecule has 2 atom stereocenters. The van der Waals surface area contributed by atoms with Gasteiger partial charge in [0.2, 0.25) is 0 Å². The van der Waals surface area contributed by atoms with Crippen LogP contribution in [0.5, 0.6) is 0 Å². The van der Waals surface area contributed by atoms with Crippen molar-refractivity contribution in [2.75, 3.05) is 13.2 Å². The van der Waals surface area contributed by atoms with Gasteiger partial charge in [-0.3, -0.25) is 9.59 Å². The molecule has 1 aliphatic carbocycles. The first kappa shape index (κ1) is 16.2. The molecule has 0 radical (unpaired) electrons. The Balaban J connectivity index is 2.64. The minimum atomic E-state index is -0.475. The molecule has 0 spiro atoms. The predicted octanol–water partition coefficient (Wildman–Crippen LogP) is 2.81. The van der Waals surface area contributed by atoms with E-state index in [2.05, 4.69) is 13.2 Å². The number of carbonyl (C=O) groups excluding carboxylic acids is 2. The molecule has 0 aromatic carbocycles. The van der Waals surface area contributed by atoms with Crippen molar-refractivity contribution in [2.45, 2.75) is 26.7 Å². The normalized spacial score (nSPS) is 21.1. The summed E-state index contributed by atoms with van der Waals surface area (Å²) in [5.74, 6) is -1.68. The minimum Gasteiger partial charge on any atom is -0.461 e. The number of hydrogen-bond donors (Lipinski definition) is 0. The first-order valence-electron chi connectivity index (χ1n) is 6.69. The Morgan fingerprint density at radius 2 is 1.30 bits per heavy atom. The van der Waals surface area contributed by atoms with E-state index >= 15 is 0 Å². The highest BCUT2D eigenvalue weighted by Crippen LogP contribution is 2.28. The molecule has 0 aliphatic heterocycles. The van der Waals surface area contributed by atoms with Crippen LogP contribution in [0.3, 0.4) is 0 Å². The molecule has 0 heterocycles. The second-order valence-corrected chi connectivity index (χ2v) is 5.29. The van der Waals surface area contributed by atoms with Crippen molar-refractivity contribution >= 4 is 11.9 Å². The molecule has 0 fully saturated rings. The molecule has 4 heteroatoms. The lowest BCUT2D eigenvalue weighted by Crippen LogP contribution is -2.34. The number of carbonyl (C=O) groups is 2. The van der Waals surface area contributed by atoms with Gasteiger partial charge in [-0.15, -0.1) is 0 Å². The molecule has 0 saturated heterocycles. The van der Waals surface area contributed by atoms with Gasteiger partial charge in [0.05, 0.1) is 11.8 Å². The first-order valence-corrected chi connectivity index (χ1v) is 6.69. The zero-order valence-corrected chi connectivity index (χ0v) is 12.2. The Morgan fingerprint density at radius 3 is 1.60 bits per heavy atom. The first-order chi connectivity index (χ1) is 9.41. The maximum Gasteiger partial charge on any atom is 0.310 e. The minimum absolute atomic E-state index is 0.187. The standard InChI is InChI=1S/C16H22O4/c1-11(2)9-19-15(17)13-7-5-6-8-14(13)16(18)20-10-12(3)4/h5-6,13-14H,1,3,7-10H2,2,4H3. The van der Waals surface area contributed by atoms with E-state index in [1.54, 1.807) is 13.8 Å². The fraction of sp³-hybridized carbons (Fsp3) is 0.500. The number of hydrogen-bond acceptors (Lipinski definition) is 4. The van der Waals surface area contributed by atoms with Crippen LogP contribution >= 0.6 is 0 Å². The van der Waals surface area contributed by atoms with Gasteiger partial charge in [-0.1, -0.05) is 25.3 Å². The summed E-state index contributed by atoms with van der Waals surface area (Å²) < 4.78 is 10.3. The van der Waals surface area contributed by atoms with Crippen LogP contribution in [-0.2, 0) is 19.1 Å². The zero-order chi connectivity index (χ0) is 15.1. The molecule has 0 amide bonds. The van der Waals surface area contributed by atoms with Gasteiger partial charge in [0, 0.05) is 0 Å². The summed E-state index contributed by atoms with van der Waals surface area (Å²) in [6.45, 7) is 11.3. The van der Waals surface area contributed by atoms with Crippen molar-refractivity contribution in [3.63, 3.8) is 0 Å². The highest BCUT2D eigenvalue weighted by molar-refractivity contribution is 5.83. The molecule has 2 unspecified atom stereocenters. The Morgan fingerprint density at radius 1 is 0.950 bits per heavy atom. The van der Waals surface area contributed by atoms with E-state index in [4.69, 9.17) is 9.47 Å². The van der Waals surface area contributed by atoms with E-state index in [0.717, 1.165) is 11.1 Å². The summed E-state index contributed by atoms with van der Waals surface area (Å²) >= 11 is 0. The van der Waals surface area contributed by atoms with Crippen LogP contribution in [0.4, 0.5) is 0 Å². The second kappa shape index (κ2) is 7.68. The van der Waals surface area contributed by atoms with E-state index in [1.165, 1.54) is 0 Å². The average Bonchev–Trinajstić information content (AvgIpc) is 2.42. The Bertz CT molecular complexity index is 394. The molecule has 4 nitrogen and oxygen atoms in total. The van der Waals surface area contributed by atoms with Crippen LogP contribution in [-0.4, -0.2) is 25.2 Å². The van der Waals surface area contributed by atoms with E-state index in [1.807, 2.05) is 12.2 Å². The quantitative estimate of drug-likeness (QED) is 0.554. The molecule has 20 heavy (non-hydrogen) atoms. The van der Waals surface area contributed by atoms with Crippen molar-refractivity contribution < 1.29 is 19.1 Å². The molecule has 0 aromatic rings. The van der Waals surface area contributed by atoms with Gasteiger partial charge >= 0.3 is 11.9 Å². The summed E-state index contributed by atoms with van der Waals surface area (Å²) in [5, 5.41) is 0. The lowest BCUT2D eigenvalue weighted by atomic mass is 9.83. The third-order valence-corrected chi connectivity index (χ3v) is 2.96. The fourth-order valence-electron chi connectivity index (χ4n) is 1.94. The highest BCUT2D eigenvalue weighted by Gasteiger charge is 2.36. The number of allylic oxidation sites excluding steroid dienone is 2. The average molecular weight is 278 g/mol. The van der Waals surface area contributed by atoms with Crippen LogP contribution in [0.2, 0.25) is 0 Å². The van der Waals surface area contributed by atoms with Crippen molar-refractivity contribution in [2.24, 2.45) is 11.8 Å². The molecule has 1 rings (SSSR count). The Kier molecular flexibility index (Phi) is 6.22. The third kappa shape index (κ3) is 5.03. The largest absolute Gasteiger partial charge is 0.461 e. The van der Waals surface area contributed by atoms with E-state index in [-0.39, 0.29) is 25.2 Å². The molecule has 110 valence electrons. The molecule has 1 aliphatic rings. The topological polar surface area (TPSA) is 52.6 Å².